The van der Waals surface area contributed by atoms with E-state index in [-0.39, 0.29) is 0 Å². The molecule has 1 atom stereocenters. The molecule has 1 saturated heterocycles. The Morgan fingerprint density at radius 2 is 2.00 bits per heavy atom. The van der Waals surface area contributed by atoms with Gasteiger partial charge < -0.3 is 25.1 Å². The Balaban J connectivity index is 1.46. The number of aromatic nitrogens is 2. The third kappa shape index (κ3) is 5.44. The number of benzene rings is 1. The molecule has 32 heavy (non-hydrogen) atoms. The van der Waals surface area contributed by atoms with Crippen molar-refractivity contribution in [3.8, 4) is 0 Å². The van der Waals surface area contributed by atoms with Crippen LogP contribution in [0.5, 0.6) is 0 Å². The lowest BCUT2D eigenvalue weighted by Gasteiger charge is -2.32. The number of rotatable bonds is 10. The average molecular weight is 459 g/mol. The maximum Gasteiger partial charge on any atom is 0.229 e. The van der Waals surface area contributed by atoms with E-state index in [1.165, 1.54) is 0 Å². The third-order valence-corrected chi connectivity index (χ3v) is 6.78. The van der Waals surface area contributed by atoms with Crippen molar-refractivity contribution in [3.05, 3.63) is 36.6 Å². The van der Waals surface area contributed by atoms with Gasteiger partial charge in [-0.2, -0.15) is 4.98 Å². The van der Waals surface area contributed by atoms with Gasteiger partial charge in [-0.05, 0) is 56.0 Å². The zero-order valence-electron chi connectivity index (χ0n) is 18.3. The molecule has 4 rings (SSSR count). The van der Waals surface area contributed by atoms with E-state index < -0.39 is 11.0 Å². The van der Waals surface area contributed by atoms with Gasteiger partial charge in [0.1, 0.15) is 16.5 Å². The highest BCUT2D eigenvalue weighted by Crippen LogP contribution is 2.30. The van der Waals surface area contributed by atoms with Crippen molar-refractivity contribution < 1.29 is 13.4 Å². The third-order valence-electron chi connectivity index (χ3n) is 5.62. The van der Waals surface area contributed by atoms with E-state index >= 15 is 0 Å². The van der Waals surface area contributed by atoms with Gasteiger partial charge in [0.25, 0.3) is 0 Å². The standard InChI is InChI=1S/C22H30N6O3S/c1-30-13-2-10-24-32(29)18-5-3-17(4-6-18)25-22-26-19-9-14-31-20(19)21(27-22)28-11-7-16(15-23)8-12-28/h3-6,9,14,16,24H,2,7-8,10-13,15,23H2,1H3,(H,25,26,27). The second-order valence-corrected chi connectivity index (χ2v) is 9.13. The zero-order chi connectivity index (χ0) is 22.3. The summed E-state index contributed by atoms with van der Waals surface area (Å²) >= 11 is 0. The SMILES string of the molecule is COCCCNS(=O)c1ccc(Nc2nc(N3CCC(CN)CC3)c3occc3n2)cc1. The number of nitrogens with two attached hydrogens (primary N) is 1. The number of methoxy groups -OCH3 is 1. The highest BCUT2D eigenvalue weighted by atomic mass is 32.2. The number of hydrogen-bond donors (Lipinski definition) is 3. The molecule has 0 aliphatic carbocycles. The van der Waals surface area contributed by atoms with Crippen LogP contribution in [0.25, 0.3) is 11.1 Å². The van der Waals surface area contributed by atoms with E-state index in [1.807, 2.05) is 30.3 Å². The Morgan fingerprint density at radius 1 is 1.22 bits per heavy atom. The Labute approximate surface area is 190 Å². The predicted octanol–water partition coefficient (Wildman–Crippen LogP) is 2.79. The van der Waals surface area contributed by atoms with E-state index in [4.69, 9.17) is 19.9 Å². The molecule has 2 aromatic heterocycles. The van der Waals surface area contributed by atoms with Gasteiger partial charge in [-0.15, -0.1) is 0 Å². The predicted molar refractivity (Wildman–Crippen MR) is 126 cm³/mol. The molecule has 0 bridgehead atoms. The monoisotopic (exact) mass is 458 g/mol. The molecule has 9 nitrogen and oxygen atoms in total. The van der Waals surface area contributed by atoms with Gasteiger partial charge in [-0.3, -0.25) is 0 Å². The number of anilines is 3. The van der Waals surface area contributed by atoms with Crippen LogP contribution in [0.4, 0.5) is 17.5 Å². The summed E-state index contributed by atoms with van der Waals surface area (Å²) in [6, 6.07) is 9.26. The Kier molecular flexibility index (Phi) is 7.69. The fourth-order valence-corrected chi connectivity index (χ4v) is 4.63. The summed E-state index contributed by atoms with van der Waals surface area (Å²) in [7, 11) is 0.398. The molecule has 172 valence electrons. The maximum atomic E-state index is 12.3. The van der Waals surface area contributed by atoms with Gasteiger partial charge in [0.05, 0.1) is 11.2 Å². The van der Waals surface area contributed by atoms with E-state index in [2.05, 4.69) is 19.9 Å². The van der Waals surface area contributed by atoms with Crippen molar-refractivity contribution in [3.63, 3.8) is 0 Å². The minimum absolute atomic E-state index is 0.501. The quantitative estimate of drug-likeness (QED) is 0.397. The lowest BCUT2D eigenvalue weighted by Crippen LogP contribution is -2.36. The van der Waals surface area contributed by atoms with Crippen LogP contribution in [0, 0.1) is 5.92 Å². The van der Waals surface area contributed by atoms with E-state index in [0.29, 0.717) is 35.5 Å². The summed E-state index contributed by atoms with van der Waals surface area (Å²) in [5.41, 5.74) is 8.12. The molecule has 3 heterocycles. The Hall–Kier alpha value is -2.53. The summed E-state index contributed by atoms with van der Waals surface area (Å²) in [6.07, 6.45) is 4.54. The van der Waals surface area contributed by atoms with Crippen LogP contribution in [0.2, 0.25) is 0 Å². The molecule has 0 spiro atoms. The molecule has 1 aliphatic heterocycles. The van der Waals surface area contributed by atoms with Gasteiger partial charge in [0, 0.05) is 45.1 Å². The lowest BCUT2D eigenvalue weighted by atomic mass is 9.97. The van der Waals surface area contributed by atoms with Crippen LogP contribution in [0.3, 0.4) is 0 Å². The minimum atomic E-state index is -1.26. The van der Waals surface area contributed by atoms with E-state index in [0.717, 1.165) is 55.9 Å². The van der Waals surface area contributed by atoms with Gasteiger partial charge in [-0.1, -0.05) is 0 Å². The highest BCUT2D eigenvalue weighted by Gasteiger charge is 2.23. The lowest BCUT2D eigenvalue weighted by molar-refractivity contribution is 0.196. The number of piperidine rings is 1. The smallest absolute Gasteiger partial charge is 0.229 e. The first-order valence-electron chi connectivity index (χ1n) is 10.9. The van der Waals surface area contributed by atoms with Gasteiger partial charge in [0.2, 0.25) is 5.95 Å². The number of nitrogens with one attached hydrogen (secondary N) is 2. The molecule has 4 N–H and O–H groups in total. The van der Waals surface area contributed by atoms with Gasteiger partial charge in [0.15, 0.2) is 11.4 Å². The highest BCUT2D eigenvalue weighted by molar-refractivity contribution is 7.83. The molecule has 1 aliphatic rings. The topological polar surface area (TPSA) is 119 Å². The van der Waals surface area contributed by atoms with Crippen LogP contribution < -0.4 is 20.7 Å². The summed E-state index contributed by atoms with van der Waals surface area (Å²) in [4.78, 5) is 12.3. The minimum Gasteiger partial charge on any atom is -0.459 e. The van der Waals surface area contributed by atoms with Crippen molar-refractivity contribution in [2.75, 3.05) is 50.1 Å². The van der Waals surface area contributed by atoms with Crippen molar-refractivity contribution in [1.29, 1.82) is 0 Å². The van der Waals surface area contributed by atoms with Crippen molar-refractivity contribution in [1.82, 2.24) is 14.7 Å². The Morgan fingerprint density at radius 3 is 2.72 bits per heavy atom. The van der Waals surface area contributed by atoms with Crippen LogP contribution >= 0.6 is 0 Å². The summed E-state index contributed by atoms with van der Waals surface area (Å²) in [5.74, 6) is 1.87. The number of fused-ring (bicyclic) bond motifs is 1. The largest absolute Gasteiger partial charge is 0.459 e. The van der Waals surface area contributed by atoms with Crippen LogP contribution in [0.1, 0.15) is 19.3 Å². The molecule has 0 amide bonds. The first-order chi connectivity index (χ1) is 15.7. The molecule has 3 aromatic rings. The molecule has 0 saturated carbocycles. The molecule has 1 aromatic carbocycles. The van der Waals surface area contributed by atoms with Gasteiger partial charge in [-0.25, -0.2) is 13.9 Å². The molecule has 1 unspecified atom stereocenters. The summed E-state index contributed by atoms with van der Waals surface area (Å²) in [5, 5.41) is 3.26. The molecule has 10 heteroatoms. The molecule has 0 radical (unpaired) electrons. The van der Waals surface area contributed by atoms with E-state index in [9.17, 15) is 4.21 Å². The first-order valence-corrected chi connectivity index (χ1v) is 12.0. The van der Waals surface area contributed by atoms with E-state index in [1.54, 1.807) is 13.4 Å². The Bertz CT molecular complexity index is 1030. The number of nitrogens with zero attached hydrogens (tertiary/aromatic N) is 3. The summed E-state index contributed by atoms with van der Waals surface area (Å²) in [6.45, 7) is 3.79. The number of ether oxygens (including phenoxy) is 1. The fraction of sp³-hybridized carbons (Fsp3) is 0.455. The fourth-order valence-electron chi connectivity index (χ4n) is 3.75. The van der Waals surface area contributed by atoms with Crippen LogP contribution in [-0.4, -0.2) is 54.1 Å². The molecular formula is C22H30N6O3S. The van der Waals surface area contributed by atoms with Crippen LogP contribution in [-0.2, 0) is 15.7 Å². The maximum absolute atomic E-state index is 12.3. The van der Waals surface area contributed by atoms with Crippen molar-refractivity contribution in [2.45, 2.75) is 24.2 Å². The molecular weight excluding hydrogens is 428 g/mol. The number of furan rings is 1. The van der Waals surface area contributed by atoms with Crippen molar-refractivity contribution >= 4 is 39.5 Å². The second kappa shape index (κ2) is 10.9. The van der Waals surface area contributed by atoms with Crippen LogP contribution in [0.15, 0.2) is 45.9 Å². The average Bonchev–Trinajstić information content (AvgIpc) is 3.30. The normalized spacial score (nSPS) is 15.9. The first kappa shape index (κ1) is 22.7. The summed E-state index contributed by atoms with van der Waals surface area (Å²) < 4.78 is 26.0. The zero-order valence-corrected chi connectivity index (χ0v) is 19.1. The number of hydrogen-bond acceptors (Lipinski definition) is 8. The second-order valence-electron chi connectivity index (χ2n) is 7.83. The van der Waals surface area contributed by atoms with Gasteiger partial charge >= 0.3 is 0 Å². The molecule has 1 fully saturated rings. The van der Waals surface area contributed by atoms with Crippen molar-refractivity contribution in [2.24, 2.45) is 11.7 Å².